The minimum absolute atomic E-state index is 0.0943. The van der Waals surface area contributed by atoms with E-state index in [1.54, 1.807) is 26.1 Å². The highest BCUT2D eigenvalue weighted by molar-refractivity contribution is 5.81. The number of hydrogen-bond acceptors (Lipinski definition) is 6. The van der Waals surface area contributed by atoms with Crippen LogP contribution in [-0.4, -0.2) is 50.2 Å². The van der Waals surface area contributed by atoms with Gasteiger partial charge in [0.2, 0.25) is 11.7 Å². The van der Waals surface area contributed by atoms with Gasteiger partial charge in [0.25, 0.3) is 0 Å². The fourth-order valence-corrected chi connectivity index (χ4v) is 1.49. The van der Waals surface area contributed by atoms with Gasteiger partial charge in [-0.15, -0.1) is 0 Å². The Hall–Kier alpha value is -2.05. The van der Waals surface area contributed by atoms with Gasteiger partial charge >= 0.3 is 0 Å². The molecule has 0 saturated heterocycles. The first-order chi connectivity index (χ1) is 8.63. The summed E-state index contributed by atoms with van der Waals surface area (Å²) in [5.41, 5.74) is 0. The van der Waals surface area contributed by atoms with E-state index in [1.165, 1.54) is 6.33 Å². The van der Waals surface area contributed by atoms with Crippen LogP contribution in [0.3, 0.4) is 0 Å². The van der Waals surface area contributed by atoms with E-state index in [0.29, 0.717) is 17.4 Å². The van der Waals surface area contributed by atoms with Crippen molar-refractivity contribution in [2.24, 2.45) is 0 Å². The second kappa shape index (κ2) is 6.63. The zero-order valence-electron chi connectivity index (χ0n) is 11.1. The van der Waals surface area contributed by atoms with E-state index in [0.717, 1.165) is 6.54 Å². The van der Waals surface area contributed by atoms with Crippen LogP contribution in [0.4, 0.5) is 11.6 Å². The molecule has 2 N–H and O–H groups in total. The largest absolute Gasteiger partial charge is 0.490 e. The van der Waals surface area contributed by atoms with Crippen molar-refractivity contribution >= 4 is 17.5 Å². The molecule has 7 heteroatoms. The molecular formula is C11H19N5O2. The summed E-state index contributed by atoms with van der Waals surface area (Å²) in [5, 5.41) is 5.65. The summed E-state index contributed by atoms with van der Waals surface area (Å²) < 4.78 is 5.30. The highest BCUT2D eigenvalue weighted by Crippen LogP contribution is 2.30. The molecule has 0 fully saturated rings. The smallest absolute Gasteiger partial charge is 0.239 e. The van der Waals surface area contributed by atoms with Crippen LogP contribution in [0.1, 0.15) is 6.92 Å². The SMILES string of the molecule is CCNc1ncnc(N(C)CC(=O)NC)c1OC. The van der Waals surface area contributed by atoms with E-state index in [4.69, 9.17) is 4.74 Å². The molecule has 0 aliphatic rings. The lowest BCUT2D eigenvalue weighted by molar-refractivity contribution is -0.119. The second-order valence-corrected chi connectivity index (χ2v) is 3.64. The van der Waals surface area contributed by atoms with Crippen LogP contribution >= 0.6 is 0 Å². The summed E-state index contributed by atoms with van der Waals surface area (Å²) in [6, 6.07) is 0. The van der Waals surface area contributed by atoms with E-state index in [1.807, 2.05) is 6.92 Å². The molecule has 100 valence electrons. The lowest BCUT2D eigenvalue weighted by atomic mass is 10.4. The van der Waals surface area contributed by atoms with Gasteiger partial charge in [-0.2, -0.15) is 0 Å². The Labute approximate surface area is 107 Å². The maximum atomic E-state index is 11.4. The molecule has 0 spiro atoms. The standard InChI is InChI=1S/C11H19N5O2/c1-5-13-10-9(18-4)11(15-7-14-10)16(3)6-8(17)12-2/h7H,5-6H2,1-4H3,(H,12,17)(H,13,14,15). The predicted molar refractivity (Wildman–Crippen MR) is 70.1 cm³/mol. The monoisotopic (exact) mass is 253 g/mol. The van der Waals surface area contributed by atoms with Gasteiger partial charge in [0, 0.05) is 20.6 Å². The zero-order valence-corrected chi connectivity index (χ0v) is 11.1. The van der Waals surface area contributed by atoms with Crippen LogP contribution in [0.25, 0.3) is 0 Å². The fraction of sp³-hybridized carbons (Fsp3) is 0.545. The van der Waals surface area contributed by atoms with Crippen molar-refractivity contribution in [1.82, 2.24) is 15.3 Å². The van der Waals surface area contributed by atoms with E-state index < -0.39 is 0 Å². The number of aromatic nitrogens is 2. The number of rotatable bonds is 6. The van der Waals surface area contributed by atoms with Crippen LogP contribution in [0.2, 0.25) is 0 Å². The van der Waals surface area contributed by atoms with Crippen molar-refractivity contribution in [1.29, 1.82) is 0 Å². The van der Waals surface area contributed by atoms with Gasteiger partial charge in [-0.25, -0.2) is 9.97 Å². The number of likely N-dealkylation sites (N-methyl/N-ethyl adjacent to an activating group) is 2. The number of carbonyl (C=O) groups excluding carboxylic acids is 1. The van der Waals surface area contributed by atoms with E-state index >= 15 is 0 Å². The number of hydrogen-bond donors (Lipinski definition) is 2. The van der Waals surface area contributed by atoms with Gasteiger partial charge in [0.1, 0.15) is 6.33 Å². The fourth-order valence-electron chi connectivity index (χ4n) is 1.49. The first-order valence-corrected chi connectivity index (χ1v) is 5.68. The molecule has 1 rings (SSSR count). The van der Waals surface area contributed by atoms with Crippen molar-refractivity contribution in [3.8, 4) is 5.75 Å². The van der Waals surface area contributed by atoms with Crippen molar-refractivity contribution in [2.45, 2.75) is 6.92 Å². The average Bonchev–Trinajstić information content (AvgIpc) is 2.38. The number of nitrogens with zero attached hydrogens (tertiary/aromatic N) is 3. The number of methoxy groups -OCH3 is 1. The van der Waals surface area contributed by atoms with Crippen LogP contribution in [0, 0.1) is 0 Å². The lowest BCUT2D eigenvalue weighted by Gasteiger charge is -2.20. The number of carbonyl (C=O) groups is 1. The molecule has 1 aromatic heterocycles. The Balaban J connectivity index is 2.99. The molecule has 0 aliphatic heterocycles. The van der Waals surface area contributed by atoms with Crippen molar-refractivity contribution < 1.29 is 9.53 Å². The molecule has 1 heterocycles. The van der Waals surface area contributed by atoms with Crippen molar-refractivity contribution in [3.63, 3.8) is 0 Å². The molecule has 0 saturated carbocycles. The molecule has 0 bridgehead atoms. The predicted octanol–water partition coefficient (Wildman–Crippen LogP) is 0.0992. The average molecular weight is 253 g/mol. The third kappa shape index (κ3) is 3.22. The first kappa shape index (κ1) is 14.0. The normalized spacial score (nSPS) is 9.78. The molecule has 0 aromatic carbocycles. The van der Waals surface area contributed by atoms with Gasteiger partial charge in [0.15, 0.2) is 11.6 Å². The molecule has 0 atom stereocenters. The van der Waals surface area contributed by atoms with Crippen LogP contribution in [0.5, 0.6) is 5.75 Å². The molecule has 0 aliphatic carbocycles. The van der Waals surface area contributed by atoms with E-state index in [2.05, 4.69) is 20.6 Å². The first-order valence-electron chi connectivity index (χ1n) is 5.68. The summed E-state index contributed by atoms with van der Waals surface area (Å²) in [4.78, 5) is 21.3. The summed E-state index contributed by atoms with van der Waals surface area (Å²) in [6.45, 7) is 2.90. The summed E-state index contributed by atoms with van der Waals surface area (Å²) in [5.74, 6) is 1.63. The van der Waals surface area contributed by atoms with Crippen molar-refractivity contribution in [2.75, 3.05) is 44.5 Å². The summed E-state index contributed by atoms with van der Waals surface area (Å²) in [7, 11) is 4.92. The number of ether oxygens (including phenoxy) is 1. The Morgan fingerprint density at radius 3 is 2.78 bits per heavy atom. The Morgan fingerprint density at radius 1 is 1.50 bits per heavy atom. The zero-order chi connectivity index (χ0) is 13.5. The number of nitrogens with one attached hydrogen (secondary N) is 2. The van der Waals surface area contributed by atoms with E-state index in [-0.39, 0.29) is 12.5 Å². The van der Waals surface area contributed by atoms with Crippen LogP contribution in [-0.2, 0) is 4.79 Å². The Kier molecular flexibility index (Phi) is 5.16. The topological polar surface area (TPSA) is 79.4 Å². The second-order valence-electron chi connectivity index (χ2n) is 3.64. The summed E-state index contributed by atoms with van der Waals surface area (Å²) >= 11 is 0. The maximum Gasteiger partial charge on any atom is 0.239 e. The quantitative estimate of drug-likeness (QED) is 0.748. The van der Waals surface area contributed by atoms with Crippen molar-refractivity contribution in [3.05, 3.63) is 6.33 Å². The third-order valence-electron chi connectivity index (χ3n) is 2.35. The minimum Gasteiger partial charge on any atom is -0.490 e. The number of amides is 1. The Morgan fingerprint density at radius 2 is 2.22 bits per heavy atom. The number of anilines is 2. The van der Waals surface area contributed by atoms with Crippen LogP contribution < -0.4 is 20.3 Å². The Bertz CT molecular complexity index is 410. The maximum absolute atomic E-state index is 11.4. The third-order valence-corrected chi connectivity index (χ3v) is 2.35. The summed E-state index contributed by atoms with van der Waals surface area (Å²) in [6.07, 6.45) is 1.44. The minimum atomic E-state index is -0.0943. The van der Waals surface area contributed by atoms with Crippen LogP contribution in [0.15, 0.2) is 6.33 Å². The van der Waals surface area contributed by atoms with Gasteiger partial charge < -0.3 is 20.3 Å². The highest BCUT2D eigenvalue weighted by atomic mass is 16.5. The van der Waals surface area contributed by atoms with Gasteiger partial charge in [0.05, 0.1) is 13.7 Å². The molecule has 7 nitrogen and oxygen atoms in total. The van der Waals surface area contributed by atoms with Gasteiger partial charge in [-0.05, 0) is 6.92 Å². The van der Waals surface area contributed by atoms with Gasteiger partial charge in [-0.3, -0.25) is 4.79 Å². The van der Waals surface area contributed by atoms with E-state index in [9.17, 15) is 4.79 Å². The molecule has 1 amide bonds. The lowest BCUT2D eigenvalue weighted by Crippen LogP contribution is -2.33. The molecular weight excluding hydrogens is 234 g/mol. The van der Waals surface area contributed by atoms with Gasteiger partial charge in [-0.1, -0.05) is 0 Å². The molecule has 18 heavy (non-hydrogen) atoms. The molecule has 1 aromatic rings. The highest BCUT2D eigenvalue weighted by Gasteiger charge is 2.16. The molecule has 0 unspecified atom stereocenters. The molecule has 0 radical (unpaired) electrons.